The van der Waals surface area contributed by atoms with Crippen molar-refractivity contribution in [3.05, 3.63) is 46.0 Å². The summed E-state index contributed by atoms with van der Waals surface area (Å²) in [4.78, 5) is 22.4. The van der Waals surface area contributed by atoms with Crippen molar-refractivity contribution < 1.29 is 4.42 Å². The Morgan fingerprint density at radius 2 is 2.38 bits per heavy atom. The van der Waals surface area contributed by atoms with Gasteiger partial charge in [0.05, 0.1) is 24.9 Å². The molecule has 0 aliphatic rings. The van der Waals surface area contributed by atoms with Gasteiger partial charge in [0.1, 0.15) is 16.8 Å². The van der Waals surface area contributed by atoms with Crippen LogP contribution in [0.15, 0.2) is 27.9 Å². The van der Waals surface area contributed by atoms with Crippen molar-refractivity contribution in [1.29, 1.82) is 0 Å². The fourth-order valence-corrected chi connectivity index (χ4v) is 2.47. The molecule has 0 spiro atoms. The molecule has 0 saturated carbocycles. The van der Waals surface area contributed by atoms with E-state index < -0.39 is 0 Å². The van der Waals surface area contributed by atoms with Crippen LogP contribution in [0.1, 0.15) is 5.56 Å². The fraction of sp³-hybridized carbons (Fsp3) is 0.214. The lowest BCUT2D eigenvalue weighted by molar-refractivity contribution is 0.572. The predicted molar refractivity (Wildman–Crippen MR) is 78.1 cm³/mol. The number of nitrogens with one attached hydrogen (secondary N) is 1. The minimum atomic E-state index is -0.297. The Balaban J connectivity index is 2.51. The molecule has 0 amide bonds. The summed E-state index contributed by atoms with van der Waals surface area (Å²) in [7, 11) is 0. The Morgan fingerprint density at radius 3 is 3.00 bits per heavy atom. The van der Waals surface area contributed by atoms with E-state index in [2.05, 4.69) is 14.8 Å². The summed E-state index contributed by atoms with van der Waals surface area (Å²) in [6, 6.07) is 1.81. The van der Waals surface area contributed by atoms with Gasteiger partial charge in [-0.15, -0.1) is 0 Å². The number of furan rings is 1. The minimum absolute atomic E-state index is 0.297. The lowest BCUT2D eigenvalue weighted by atomic mass is 10.2. The largest absolute Gasteiger partial charge is 0.464 e. The average molecular weight is 283 g/mol. The molecule has 3 aromatic heterocycles. The van der Waals surface area contributed by atoms with Crippen LogP contribution in [-0.2, 0) is 6.54 Å². The first-order valence-electron chi connectivity index (χ1n) is 6.41. The van der Waals surface area contributed by atoms with Crippen LogP contribution in [0.3, 0.4) is 0 Å². The highest BCUT2D eigenvalue weighted by atomic mass is 16.3. The SMILES string of the molecule is [C-]#[N+]c1c(-c2occc2C)n(CCN)c2c(=O)[nH]cnc12. The molecule has 0 fully saturated rings. The first-order valence-corrected chi connectivity index (χ1v) is 6.41. The molecule has 0 aromatic carbocycles. The van der Waals surface area contributed by atoms with Crippen molar-refractivity contribution in [3.63, 3.8) is 0 Å². The van der Waals surface area contributed by atoms with Gasteiger partial charge in [0.15, 0.2) is 0 Å². The Morgan fingerprint density at radius 1 is 1.57 bits per heavy atom. The molecule has 0 saturated heterocycles. The number of aryl methyl sites for hydroxylation is 1. The predicted octanol–water partition coefficient (Wildman–Crippen LogP) is 1.80. The Hall–Kier alpha value is -2.85. The van der Waals surface area contributed by atoms with E-state index in [1.54, 1.807) is 10.8 Å². The second kappa shape index (κ2) is 4.92. The molecular formula is C14H13N5O2. The highest BCUT2D eigenvalue weighted by molar-refractivity contribution is 5.99. The van der Waals surface area contributed by atoms with Gasteiger partial charge in [0, 0.05) is 13.1 Å². The zero-order valence-electron chi connectivity index (χ0n) is 11.4. The molecule has 0 radical (unpaired) electrons. The summed E-state index contributed by atoms with van der Waals surface area (Å²) >= 11 is 0. The van der Waals surface area contributed by atoms with E-state index in [-0.39, 0.29) is 5.56 Å². The highest BCUT2D eigenvalue weighted by Crippen LogP contribution is 2.39. The molecule has 3 rings (SSSR count). The number of aromatic nitrogens is 3. The molecule has 7 heteroatoms. The standard InChI is InChI=1S/C14H13N5O2/c1-8-3-6-21-13(8)11-9(16-2)10-12(19(11)5-4-15)14(20)18-7-17-10/h3,6-7H,4-5,15H2,1H3,(H,17,18,20). The first-order chi connectivity index (χ1) is 10.2. The maximum Gasteiger partial charge on any atom is 0.273 e. The van der Waals surface area contributed by atoms with Crippen LogP contribution in [0.2, 0.25) is 0 Å². The number of aromatic amines is 1. The molecule has 3 N–H and O–H groups in total. The maximum atomic E-state index is 12.1. The van der Waals surface area contributed by atoms with Crippen molar-refractivity contribution >= 4 is 16.7 Å². The number of hydrogen-bond donors (Lipinski definition) is 2. The van der Waals surface area contributed by atoms with Gasteiger partial charge in [-0.1, -0.05) is 0 Å². The summed E-state index contributed by atoms with van der Waals surface area (Å²) in [5.74, 6) is 0.562. The third kappa shape index (κ3) is 1.85. The van der Waals surface area contributed by atoms with E-state index >= 15 is 0 Å². The van der Waals surface area contributed by atoms with Gasteiger partial charge in [-0.2, -0.15) is 0 Å². The third-order valence-corrected chi connectivity index (χ3v) is 3.36. The molecule has 0 aliphatic heterocycles. The van der Waals surface area contributed by atoms with Gasteiger partial charge in [0.2, 0.25) is 5.69 Å². The van der Waals surface area contributed by atoms with Gasteiger partial charge in [-0.25, -0.2) is 9.83 Å². The zero-order valence-corrected chi connectivity index (χ0v) is 11.4. The summed E-state index contributed by atoms with van der Waals surface area (Å²) in [5.41, 5.74) is 7.82. The quantitative estimate of drug-likeness (QED) is 0.717. The van der Waals surface area contributed by atoms with E-state index in [0.29, 0.717) is 41.3 Å². The van der Waals surface area contributed by atoms with Gasteiger partial charge in [-0.3, -0.25) is 4.79 Å². The second-order valence-corrected chi connectivity index (χ2v) is 4.61. The van der Waals surface area contributed by atoms with E-state index in [1.165, 1.54) is 6.33 Å². The van der Waals surface area contributed by atoms with Crippen molar-refractivity contribution in [2.45, 2.75) is 13.5 Å². The number of fused-ring (bicyclic) bond motifs is 1. The van der Waals surface area contributed by atoms with Gasteiger partial charge >= 0.3 is 0 Å². The lowest BCUT2D eigenvalue weighted by Gasteiger charge is -2.08. The molecule has 106 valence electrons. The van der Waals surface area contributed by atoms with E-state index in [4.69, 9.17) is 16.7 Å². The van der Waals surface area contributed by atoms with Crippen molar-refractivity contribution in [1.82, 2.24) is 14.5 Å². The molecule has 21 heavy (non-hydrogen) atoms. The molecule has 3 heterocycles. The highest BCUT2D eigenvalue weighted by Gasteiger charge is 2.24. The molecule has 0 unspecified atom stereocenters. The fourth-order valence-electron chi connectivity index (χ4n) is 2.47. The van der Waals surface area contributed by atoms with Crippen LogP contribution in [-0.4, -0.2) is 21.1 Å². The Bertz CT molecular complexity index is 910. The van der Waals surface area contributed by atoms with E-state index in [1.807, 2.05) is 13.0 Å². The first kappa shape index (κ1) is 13.1. The summed E-state index contributed by atoms with van der Waals surface area (Å²) in [6.07, 6.45) is 2.85. The van der Waals surface area contributed by atoms with E-state index in [9.17, 15) is 4.79 Å². The normalized spacial score (nSPS) is 10.9. The van der Waals surface area contributed by atoms with Crippen LogP contribution in [0.25, 0.3) is 27.3 Å². The summed E-state index contributed by atoms with van der Waals surface area (Å²) < 4.78 is 7.21. The molecular weight excluding hydrogens is 270 g/mol. The van der Waals surface area contributed by atoms with Gasteiger partial charge in [0.25, 0.3) is 5.56 Å². The van der Waals surface area contributed by atoms with E-state index in [0.717, 1.165) is 5.56 Å². The van der Waals surface area contributed by atoms with Crippen LogP contribution in [0.5, 0.6) is 0 Å². The Kier molecular flexibility index (Phi) is 3.08. The maximum absolute atomic E-state index is 12.1. The van der Waals surface area contributed by atoms with Crippen molar-refractivity contribution in [3.8, 4) is 11.5 Å². The number of hydrogen-bond acceptors (Lipinski definition) is 4. The van der Waals surface area contributed by atoms with Crippen LogP contribution < -0.4 is 11.3 Å². The number of H-pyrrole nitrogens is 1. The monoisotopic (exact) mass is 283 g/mol. The van der Waals surface area contributed by atoms with Crippen molar-refractivity contribution in [2.75, 3.05) is 6.54 Å². The Labute approximate surface area is 119 Å². The van der Waals surface area contributed by atoms with Crippen molar-refractivity contribution in [2.24, 2.45) is 5.73 Å². The smallest absolute Gasteiger partial charge is 0.273 e. The zero-order chi connectivity index (χ0) is 15.0. The number of nitrogens with zero attached hydrogens (tertiary/aromatic N) is 3. The summed E-state index contributed by atoms with van der Waals surface area (Å²) in [5, 5.41) is 0. The molecule has 3 aromatic rings. The molecule has 0 bridgehead atoms. The van der Waals surface area contributed by atoms with Crippen LogP contribution in [0, 0.1) is 13.5 Å². The average Bonchev–Trinajstić information content (AvgIpc) is 3.01. The minimum Gasteiger partial charge on any atom is -0.464 e. The number of rotatable bonds is 3. The van der Waals surface area contributed by atoms with Crippen LogP contribution >= 0.6 is 0 Å². The van der Waals surface area contributed by atoms with Gasteiger partial charge < -0.3 is 19.7 Å². The van der Waals surface area contributed by atoms with Gasteiger partial charge in [-0.05, 0) is 18.6 Å². The lowest BCUT2D eigenvalue weighted by Crippen LogP contribution is -2.16. The molecule has 7 nitrogen and oxygen atoms in total. The topological polar surface area (TPSA) is 94.2 Å². The second-order valence-electron chi connectivity index (χ2n) is 4.61. The summed E-state index contributed by atoms with van der Waals surface area (Å²) in [6.45, 7) is 10.1. The molecule has 0 atom stereocenters. The third-order valence-electron chi connectivity index (χ3n) is 3.36. The van der Waals surface area contributed by atoms with Crippen LogP contribution in [0.4, 0.5) is 5.69 Å². The molecule has 0 aliphatic carbocycles. The number of nitrogens with two attached hydrogens (primary N) is 1.